The quantitative estimate of drug-likeness (QED) is 0.587. The summed E-state index contributed by atoms with van der Waals surface area (Å²) in [7, 11) is 0. The van der Waals surface area contributed by atoms with E-state index in [9.17, 15) is 9.59 Å². The lowest BCUT2D eigenvalue weighted by Gasteiger charge is -2.04. The minimum absolute atomic E-state index is 0.00897. The minimum Gasteiger partial charge on any atom is -0.477 e. The molecule has 1 rings (SSSR count). The van der Waals surface area contributed by atoms with Gasteiger partial charge in [-0.05, 0) is 18.9 Å². The number of rotatable bonds is 7. The van der Waals surface area contributed by atoms with Crippen LogP contribution in [0, 0.1) is 6.92 Å². The predicted molar refractivity (Wildman–Crippen MR) is 73.9 cm³/mol. The molecule has 0 bridgehead atoms. The summed E-state index contributed by atoms with van der Waals surface area (Å²) in [5.41, 5.74) is 1.07. The summed E-state index contributed by atoms with van der Waals surface area (Å²) >= 11 is 1.11. The van der Waals surface area contributed by atoms with Gasteiger partial charge in [-0.25, -0.2) is 4.79 Å². The predicted octanol–water partition coefficient (Wildman–Crippen LogP) is 3.34. The normalized spacial score (nSPS) is 10.1. The van der Waals surface area contributed by atoms with Crippen LogP contribution in [0.3, 0.4) is 0 Å². The molecule has 0 fully saturated rings. The molecule has 1 heterocycles. The molecule has 0 spiro atoms. The van der Waals surface area contributed by atoms with Gasteiger partial charge in [-0.2, -0.15) is 0 Å². The topological polar surface area (TPSA) is 66.4 Å². The molecular weight excluding hydrogens is 250 g/mol. The van der Waals surface area contributed by atoms with Gasteiger partial charge in [0.25, 0.3) is 0 Å². The number of Topliss-reactive ketones (excluding diaryl/α,β-unsaturated/α-hetero) is 1. The first kappa shape index (κ1) is 14.4. The van der Waals surface area contributed by atoms with Crippen molar-refractivity contribution in [3.05, 3.63) is 28.7 Å². The molecule has 5 heteroatoms. The number of hydrogen-bond donors (Lipinski definition) is 2. The second-order valence-electron chi connectivity index (χ2n) is 3.91. The molecule has 0 saturated heterocycles. The summed E-state index contributed by atoms with van der Waals surface area (Å²) in [6, 6.07) is 0. The maximum Gasteiger partial charge on any atom is 0.346 e. The highest BCUT2D eigenvalue weighted by Crippen LogP contribution is 2.34. The highest BCUT2D eigenvalue weighted by atomic mass is 32.1. The standard InChI is InChI=1S/C13H17NO3S/c1-4-6-9(15)10-8(3)11(13(16)17)18-12(10)14-7-5-2/h5,14H,2,4,6-7H2,1,3H3,(H,16,17). The lowest BCUT2D eigenvalue weighted by Crippen LogP contribution is -2.05. The van der Waals surface area contributed by atoms with Gasteiger partial charge in [-0.15, -0.1) is 17.9 Å². The molecular formula is C13H17NO3S. The van der Waals surface area contributed by atoms with Crippen molar-refractivity contribution in [3.63, 3.8) is 0 Å². The van der Waals surface area contributed by atoms with Crippen LogP contribution in [0.25, 0.3) is 0 Å². The Morgan fingerprint density at radius 3 is 2.67 bits per heavy atom. The van der Waals surface area contributed by atoms with Crippen molar-refractivity contribution in [2.75, 3.05) is 11.9 Å². The number of carbonyl (C=O) groups excluding carboxylic acids is 1. The zero-order valence-electron chi connectivity index (χ0n) is 10.6. The number of carbonyl (C=O) groups is 2. The van der Waals surface area contributed by atoms with E-state index in [1.165, 1.54) is 0 Å². The van der Waals surface area contributed by atoms with Crippen LogP contribution < -0.4 is 5.32 Å². The Hall–Kier alpha value is -1.62. The van der Waals surface area contributed by atoms with Gasteiger partial charge in [-0.3, -0.25) is 4.79 Å². The number of thiophene rings is 1. The number of aromatic carboxylic acids is 1. The molecule has 1 aromatic rings. The molecule has 2 N–H and O–H groups in total. The fraction of sp³-hybridized carbons (Fsp3) is 0.385. The minimum atomic E-state index is -0.991. The van der Waals surface area contributed by atoms with Crippen molar-refractivity contribution in [1.29, 1.82) is 0 Å². The molecule has 0 radical (unpaired) electrons. The summed E-state index contributed by atoms with van der Waals surface area (Å²) in [5, 5.41) is 12.8. The van der Waals surface area contributed by atoms with E-state index in [4.69, 9.17) is 5.11 Å². The van der Waals surface area contributed by atoms with Crippen LogP contribution in [0.5, 0.6) is 0 Å². The molecule has 0 amide bonds. The van der Waals surface area contributed by atoms with Crippen molar-refractivity contribution >= 4 is 28.1 Å². The Morgan fingerprint density at radius 2 is 2.17 bits per heavy atom. The van der Waals surface area contributed by atoms with E-state index in [0.717, 1.165) is 17.8 Å². The molecule has 0 atom stereocenters. The van der Waals surface area contributed by atoms with Gasteiger partial charge in [0.2, 0.25) is 0 Å². The Balaban J connectivity index is 3.21. The van der Waals surface area contributed by atoms with Crippen molar-refractivity contribution in [2.24, 2.45) is 0 Å². The van der Waals surface area contributed by atoms with Gasteiger partial charge in [0, 0.05) is 13.0 Å². The zero-order chi connectivity index (χ0) is 13.7. The smallest absolute Gasteiger partial charge is 0.346 e. The third-order valence-electron chi connectivity index (χ3n) is 2.50. The van der Waals surface area contributed by atoms with E-state index >= 15 is 0 Å². The Labute approximate surface area is 110 Å². The van der Waals surface area contributed by atoms with E-state index in [2.05, 4.69) is 11.9 Å². The van der Waals surface area contributed by atoms with Gasteiger partial charge in [0.1, 0.15) is 9.88 Å². The van der Waals surface area contributed by atoms with Gasteiger partial charge in [0.05, 0.1) is 5.56 Å². The van der Waals surface area contributed by atoms with E-state index in [1.54, 1.807) is 13.0 Å². The Kier molecular flexibility index (Phi) is 5.09. The molecule has 1 aromatic heterocycles. The second kappa shape index (κ2) is 6.35. The Bertz CT molecular complexity index is 477. The van der Waals surface area contributed by atoms with E-state index in [-0.39, 0.29) is 10.7 Å². The summed E-state index contributed by atoms with van der Waals surface area (Å²) in [4.78, 5) is 23.3. The molecule has 0 aliphatic carbocycles. The maximum atomic E-state index is 12.0. The fourth-order valence-electron chi connectivity index (χ4n) is 1.69. The average molecular weight is 267 g/mol. The number of carboxylic acid groups (broad SMARTS) is 1. The van der Waals surface area contributed by atoms with Crippen molar-refractivity contribution in [2.45, 2.75) is 26.7 Å². The van der Waals surface area contributed by atoms with Crippen molar-refractivity contribution in [3.8, 4) is 0 Å². The number of ketones is 1. The first-order valence-electron chi connectivity index (χ1n) is 5.77. The van der Waals surface area contributed by atoms with Crippen molar-refractivity contribution < 1.29 is 14.7 Å². The van der Waals surface area contributed by atoms with Gasteiger partial charge in [0.15, 0.2) is 5.78 Å². The Morgan fingerprint density at radius 1 is 1.50 bits per heavy atom. The molecule has 4 nitrogen and oxygen atoms in total. The molecule has 0 unspecified atom stereocenters. The number of anilines is 1. The summed E-state index contributed by atoms with van der Waals surface area (Å²) in [6.45, 7) is 7.70. The lowest BCUT2D eigenvalue weighted by molar-refractivity contribution is 0.0701. The summed E-state index contributed by atoms with van der Waals surface area (Å²) in [6.07, 6.45) is 2.85. The SMILES string of the molecule is C=CCNc1sc(C(=O)O)c(C)c1C(=O)CCC. The monoisotopic (exact) mass is 267 g/mol. The average Bonchev–Trinajstić information content (AvgIpc) is 2.64. The highest BCUT2D eigenvalue weighted by molar-refractivity contribution is 7.18. The maximum absolute atomic E-state index is 12.0. The molecule has 0 aromatic carbocycles. The van der Waals surface area contributed by atoms with E-state index in [1.807, 2.05) is 6.92 Å². The largest absolute Gasteiger partial charge is 0.477 e. The van der Waals surface area contributed by atoms with E-state index < -0.39 is 5.97 Å². The number of nitrogens with one attached hydrogen (secondary N) is 1. The second-order valence-corrected chi connectivity index (χ2v) is 4.93. The molecule has 0 saturated carbocycles. The zero-order valence-corrected chi connectivity index (χ0v) is 11.4. The molecule has 98 valence electrons. The van der Waals surface area contributed by atoms with Crippen LogP contribution in [0.1, 0.15) is 45.4 Å². The highest BCUT2D eigenvalue weighted by Gasteiger charge is 2.23. The number of hydrogen-bond acceptors (Lipinski definition) is 4. The van der Waals surface area contributed by atoms with Gasteiger partial charge >= 0.3 is 5.97 Å². The van der Waals surface area contributed by atoms with Gasteiger partial charge < -0.3 is 10.4 Å². The first-order chi connectivity index (χ1) is 8.52. The van der Waals surface area contributed by atoms with Crippen LogP contribution in [0.15, 0.2) is 12.7 Å². The summed E-state index contributed by atoms with van der Waals surface area (Å²) in [5.74, 6) is -1.000. The van der Waals surface area contributed by atoms with Crippen LogP contribution in [0.4, 0.5) is 5.00 Å². The molecule has 0 aliphatic rings. The van der Waals surface area contributed by atoms with Crippen LogP contribution in [0.2, 0.25) is 0 Å². The lowest BCUT2D eigenvalue weighted by atomic mass is 10.0. The van der Waals surface area contributed by atoms with Crippen LogP contribution in [-0.2, 0) is 0 Å². The van der Waals surface area contributed by atoms with Crippen LogP contribution >= 0.6 is 11.3 Å². The van der Waals surface area contributed by atoms with E-state index in [0.29, 0.717) is 29.1 Å². The number of carboxylic acids is 1. The molecule has 0 aliphatic heterocycles. The first-order valence-corrected chi connectivity index (χ1v) is 6.59. The van der Waals surface area contributed by atoms with Gasteiger partial charge in [-0.1, -0.05) is 13.0 Å². The third kappa shape index (κ3) is 2.98. The van der Waals surface area contributed by atoms with Crippen LogP contribution in [-0.4, -0.2) is 23.4 Å². The fourth-order valence-corrected chi connectivity index (χ4v) is 2.77. The molecule has 18 heavy (non-hydrogen) atoms. The summed E-state index contributed by atoms with van der Waals surface area (Å²) < 4.78 is 0. The van der Waals surface area contributed by atoms with Crippen molar-refractivity contribution in [1.82, 2.24) is 0 Å². The third-order valence-corrected chi connectivity index (χ3v) is 3.74.